The first-order valence-electron chi connectivity index (χ1n) is 6.12. The monoisotopic (exact) mass is 299 g/mol. The van der Waals surface area contributed by atoms with Gasteiger partial charge in [-0.3, -0.25) is 0 Å². The molecule has 0 aliphatic rings. The third-order valence-corrected chi connectivity index (χ3v) is 2.65. The van der Waals surface area contributed by atoms with Crippen LogP contribution in [0.2, 0.25) is 0 Å². The lowest BCUT2D eigenvalue weighted by molar-refractivity contribution is -0.191. The molecule has 0 atom stereocenters. The van der Waals surface area contributed by atoms with Gasteiger partial charge in [-0.05, 0) is 35.4 Å². The van der Waals surface area contributed by atoms with Gasteiger partial charge in [0.2, 0.25) is 0 Å². The number of carbonyl (C=O) groups excluding carboxylic acids is 2. The number of aromatic nitrogens is 3. The van der Waals surface area contributed by atoms with E-state index in [1.165, 1.54) is 18.3 Å². The highest BCUT2D eigenvalue weighted by Gasteiger charge is 2.01. The predicted octanol–water partition coefficient (Wildman–Crippen LogP) is 2.82. The molecule has 0 saturated heterocycles. The highest BCUT2D eigenvalue weighted by atomic mass is 19.1. The molecule has 7 heteroatoms. The molecule has 1 heterocycles. The largest absolute Gasteiger partial charge is 0.436 e. The molecular weight excluding hydrogens is 289 g/mol. The summed E-state index contributed by atoms with van der Waals surface area (Å²) in [4.78, 5) is 16.2. The molecule has 0 unspecified atom stereocenters. The van der Waals surface area contributed by atoms with Crippen molar-refractivity contribution < 1.29 is 18.7 Å². The molecule has 3 rings (SSSR count). The number of rotatable bonds is 3. The Balaban J connectivity index is 0.000000545. The van der Waals surface area contributed by atoms with Crippen LogP contribution < -0.4 is 4.74 Å². The van der Waals surface area contributed by atoms with Crippen molar-refractivity contribution in [2.24, 2.45) is 0 Å². The van der Waals surface area contributed by atoms with Crippen LogP contribution in [0.5, 0.6) is 11.6 Å². The van der Waals surface area contributed by atoms with Crippen LogP contribution in [0.1, 0.15) is 0 Å². The first kappa shape index (κ1) is 15.1. The minimum absolute atomic E-state index is 0.241. The zero-order chi connectivity index (χ0) is 15.8. The molecule has 110 valence electrons. The second-order valence-electron chi connectivity index (χ2n) is 4.02. The number of hydrogen-bond acceptors (Lipinski definition) is 5. The topological polar surface area (TPSA) is 84.9 Å². The number of hydrogen-bond donors (Lipinski definition) is 1. The molecule has 0 spiro atoms. The quantitative estimate of drug-likeness (QED) is 0.803. The average Bonchev–Trinajstić information content (AvgIpc) is 3.03. The zero-order valence-corrected chi connectivity index (χ0v) is 11.2. The molecule has 0 amide bonds. The van der Waals surface area contributed by atoms with Gasteiger partial charge in [-0.1, -0.05) is 24.3 Å². The SMILES string of the molecule is Fc1ccc(-c2ccc(Oc3cn[nH]n3)cc2)cc1.O=C=O. The zero-order valence-electron chi connectivity index (χ0n) is 11.2. The van der Waals surface area contributed by atoms with E-state index in [0.717, 1.165) is 11.1 Å². The number of nitrogens with zero attached hydrogens (tertiary/aromatic N) is 2. The standard InChI is InChI=1S/C14H10FN3O.CO2/c15-12-5-1-10(2-6-12)11-3-7-13(8-4-11)19-14-9-16-18-17-14;2-1-3/h1-9H,(H,16,17,18);. The fraction of sp³-hybridized carbons (Fsp3) is 0. The van der Waals surface area contributed by atoms with E-state index in [-0.39, 0.29) is 12.0 Å². The lowest BCUT2D eigenvalue weighted by Gasteiger charge is -2.04. The molecular formula is C15H10FN3O3. The van der Waals surface area contributed by atoms with E-state index in [0.29, 0.717) is 11.6 Å². The number of nitrogens with one attached hydrogen (secondary N) is 1. The summed E-state index contributed by atoms with van der Waals surface area (Å²) >= 11 is 0. The number of H-pyrrole nitrogens is 1. The highest BCUT2D eigenvalue weighted by Crippen LogP contribution is 2.24. The van der Waals surface area contributed by atoms with Gasteiger partial charge in [0.15, 0.2) is 0 Å². The van der Waals surface area contributed by atoms with Crippen LogP contribution in [-0.2, 0) is 9.59 Å². The van der Waals surface area contributed by atoms with E-state index in [9.17, 15) is 4.39 Å². The number of aromatic amines is 1. The summed E-state index contributed by atoms with van der Waals surface area (Å²) in [5.41, 5.74) is 1.95. The van der Waals surface area contributed by atoms with Crippen molar-refractivity contribution in [1.29, 1.82) is 0 Å². The molecule has 0 radical (unpaired) electrons. The highest BCUT2D eigenvalue weighted by molar-refractivity contribution is 5.64. The van der Waals surface area contributed by atoms with Gasteiger partial charge in [0.1, 0.15) is 17.8 Å². The van der Waals surface area contributed by atoms with Gasteiger partial charge in [-0.15, -0.1) is 5.10 Å². The van der Waals surface area contributed by atoms with Crippen molar-refractivity contribution in [2.75, 3.05) is 0 Å². The Morgan fingerprint density at radius 2 is 1.50 bits per heavy atom. The van der Waals surface area contributed by atoms with Gasteiger partial charge in [-0.25, -0.2) is 4.39 Å². The Kier molecular flexibility index (Phi) is 5.12. The molecule has 0 aliphatic heterocycles. The summed E-state index contributed by atoms with van der Waals surface area (Å²) in [5.74, 6) is 0.837. The second-order valence-corrected chi connectivity index (χ2v) is 4.02. The number of ether oxygens (including phenoxy) is 1. The lowest BCUT2D eigenvalue weighted by Crippen LogP contribution is -1.85. The maximum atomic E-state index is 12.8. The summed E-state index contributed by atoms with van der Waals surface area (Å²) in [6.45, 7) is 0. The molecule has 0 saturated carbocycles. The fourth-order valence-electron chi connectivity index (χ4n) is 1.72. The van der Waals surface area contributed by atoms with E-state index in [4.69, 9.17) is 14.3 Å². The van der Waals surface area contributed by atoms with Gasteiger partial charge in [0, 0.05) is 0 Å². The third-order valence-electron chi connectivity index (χ3n) is 2.65. The van der Waals surface area contributed by atoms with Gasteiger partial charge < -0.3 is 4.74 Å². The van der Waals surface area contributed by atoms with Crippen LogP contribution in [-0.4, -0.2) is 21.6 Å². The smallest absolute Gasteiger partial charge is 0.373 e. The van der Waals surface area contributed by atoms with Crippen LogP contribution in [0.3, 0.4) is 0 Å². The average molecular weight is 299 g/mol. The number of halogens is 1. The van der Waals surface area contributed by atoms with Gasteiger partial charge in [-0.2, -0.15) is 19.9 Å². The predicted molar refractivity (Wildman–Crippen MR) is 73.3 cm³/mol. The lowest BCUT2D eigenvalue weighted by atomic mass is 10.1. The first-order valence-corrected chi connectivity index (χ1v) is 6.12. The summed E-state index contributed by atoms with van der Waals surface area (Å²) < 4.78 is 18.3. The van der Waals surface area contributed by atoms with Gasteiger partial charge in [0.05, 0.1) is 0 Å². The Hall–Kier alpha value is -3.31. The van der Waals surface area contributed by atoms with Crippen LogP contribution in [0.15, 0.2) is 54.7 Å². The number of benzene rings is 2. The van der Waals surface area contributed by atoms with Crippen LogP contribution in [0, 0.1) is 5.82 Å². The maximum Gasteiger partial charge on any atom is 0.373 e. The molecule has 1 aromatic heterocycles. The van der Waals surface area contributed by atoms with Crippen molar-refractivity contribution in [3.8, 4) is 22.8 Å². The molecule has 3 aromatic rings. The van der Waals surface area contributed by atoms with Crippen molar-refractivity contribution in [1.82, 2.24) is 15.4 Å². The second kappa shape index (κ2) is 7.47. The molecule has 22 heavy (non-hydrogen) atoms. The minimum atomic E-state index is -0.241. The summed E-state index contributed by atoms with van der Waals surface area (Å²) in [6, 6.07) is 13.8. The van der Waals surface area contributed by atoms with E-state index in [1.54, 1.807) is 12.1 Å². The van der Waals surface area contributed by atoms with Gasteiger partial charge >= 0.3 is 6.15 Å². The molecule has 2 aromatic carbocycles. The van der Waals surface area contributed by atoms with E-state index in [1.807, 2.05) is 24.3 Å². The summed E-state index contributed by atoms with van der Waals surface area (Å²) in [7, 11) is 0. The molecule has 0 bridgehead atoms. The fourth-order valence-corrected chi connectivity index (χ4v) is 1.72. The molecule has 1 N–H and O–H groups in total. The first-order chi connectivity index (χ1) is 10.7. The Morgan fingerprint density at radius 1 is 0.955 bits per heavy atom. The Morgan fingerprint density at radius 3 is 2.00 bits per heavy atom. The maximum absolute atomic E-state index is 12.8. The van der Waals surface area contributed by atoms with Crippen LogP contribution in [0.25, 0.3) is 11.1 Å². The van der Waals surface area contributed by atoms with Crippen LogP contribution in [0.4, 0.5) is 4.39 Å². The van der Waals surface area contributed by atoms with Gasteiger partial charge in [0.25, 0.3) is 5.88 Å². The van der Waals surface area contributed by atoms with E-state index >= 15 is 0 Å². The Bertz CT molecular complexity index is 735. The van der Waals surface area contributed by atoms with E-state index in [2.05, 4.69) is 15.4 Å². The Labute approximate surface area is 124 Å². The van der Waals surface area contributed by atoms with Crippen LogP contribution >= 0.6 is 0 Å². The third kappa shape index (κ3) is 4.09. The molecule has 0 aliphatic carbocycles. The molecule has 0 fully saturated rings. The molecule has 6 nitrogen and oxygen atoms in total. The minimum Gasteiger partial charge on any atom is -0.436 e. The summed E-state index contributed by atoms with van der Waals surface area (Å²) in [5, 5.41) is 9.93. The van der Waals surface area contributed by atoms with Crippen molar-refractivity contribution in [2.45, 2.75) is 0 Å². The normalized spacial score (nSPS) is 9.32. The van der Waals surface area contributed by atoms with Crippen molar-refractivity contribution in [3.05, 3.63) is 60.5 Å². The van der Waals surface area contributed by atoms with Crippen molar-refractivity contribution >= 4 is 6.15 Å². The van der Waals surface area contributed by atoms with E-state index < -0.39 is 0 Å². The van der Waals surface area contributed by atoms with Crippen molar-refractivity contribution in [3.63, 3.8) is 0 Å². The summed E-state index contributed by atoms with van der Waals surface area (Å²) in [6.07, 6.45) is 1.74.